The molecule has 104 valence electrons. The molecule has 0 saturated carbocycles. The molecule has 0 unspecified atom stereocenters. The van der Waals surface area contributed by atoms with Gasteiger partial charge in [0.1, 0.15) is 6.20 Å². The number of nitrogens with one attached hydrogen (secondary N) is 1. The van der Waals surface area contributed by atoms with Crippen LogP contribution in [0.4, 0.5) is 11.6 Å². The fraction of sp³-hybridized carbons (Fsp3) is 0.273. The van der Waals surface area contributed by atoms with Crippen LogP contribution in [0.15, 0.2) is 23.8 Å². The summed E-state index contributed by atoms with van der Waals surface area (Å²) in [5.74, 6) is 0.278. The summed E-state index contributed by atoms with van der Waals surface area (Å²) in [4.78, 5) is 15.5. The number of imidazole rings is 1. The molecule has 0 amide bonds. The molecule has 20 heavy (non-hydrogen) atoms. The third-order valence-corrected chi connectivity index (χ3v) is 3.61. The van der Waals surface area contributed by atoms with Crippen molar-refractivity contribution >= 4 is 27.9 Å². The van der Waals surface area contributed by atoms with E-state index in [0.717, 1.165) is 5.69 Å². The van der Waals surface area contributed by atoms with E-state index in [-0.39, 0.29) is 5.82 Å². The van der Waals surface area contributed by atoms with Gasteiger partial charge in [-0.25, -0.2) is 0 Å². The van der Waals surface area contributed by atoms with Gasteiger partial charge in [0.05, 0.1) is 5.69 Å². The molecule has 0 aliphatic heterocycles. The van der Waals surface area contributed by atoms with Crippen molar-refractivity contribution < 1.29 is 4.92 Å². The minimum atomic E-state index is -0.421. The SMILES string of the molecule is Cn1ccc(CCNc2nc3sccn3c2[N+](=O)[O-])n1. The van der Waals surface area contributed by atoms with Crippen LogP contribution in [0.5, 0.6) is 0 Å². The number of nitro groups is 1. The van der Waals surface area contributed by atoms with Crippen LogP contribution in [0, 0.1) is 10.1 Å². The Kier molecular flexibility index (Phi) is 3.11. The Morgan fingerprint density at radius 3 is 3.05 bits per heavy atom. The van der Waals surface area contributed by atoms with Gasteiger partial charge in [0.15, 0.2) is 0 Å². The number of rotatable bonds is 5. The molecule has 3 aromatic heterocycles. The number of nitrogens with zero attached hydrogens (tertiary/aromatic N) is 5. The van der Waals surface area contributed by atoms with Gasteiger partial charge in [-0.1, -0.05) is 11.3 Å². The smallest absolute Gasteiger partial charge is 0.363 e. The average Bonchev–Trinajstić information content (AvgIpc) is 3.04. The van der Waals surface area contributed by atoms with Crippen LogP contribution >= 0.6 is 11.3 Å². The first-order valence-electron chi connectivity index (χ1n) is 5.97. The van der Waals surface area contributed by atoms with Crippen LogP contribution in [-0.2, 0) is 13.5 Å². The van der Waals surface area contributed by atoms with Crippen LogP contribution in [0.3, 0.4) is 0 Å². The molecule has 3 rings (SSSR count). The molecule has 0 fully saturated rings. The van der Waals surface area contributed by atoms with Crippen molar-refractivity contribution in [1.82, 2.24) is 19.2 Å². The average molecular weight is 292 g/mol. The van der Waals surface area contributed by atoms with Crippen LogP contribution in [0.25, 0.3) is 4.96 Å². The molecule has 0 atom stereocenters. The maximum atomic E-state index is 11.1. The number of hydrogen-bond donors (Lipinski definition) is 1. The fourth-order valence-electron chi connectivity index (χ4n) is 1.97. The number of anilines is 1. The van der Waals surface area contributed by atoms with E-state index in [1.807, 2.05) is 19.3 Å². The van der Waals surface area contributed by atoms with Crippen molar-refractivity contribution in [3.63, 3.8) is 0 Å². The van der Waals surface area contributed by atoms with Gasteiger partial charge >= 0.3 is 5.82 Å². The molecule has 0 aliphatic carbocycles. The molecule has 3 aromatic rings. The molecule has 0 saturated heterocycles. The second-order valence-electron chi connectivity index (χ2n) is 4.25. The first-order valence-corrected chi connectivity index (χ1v) is 6.85. The summed E-state index contributed by atoms with van der Waals surface area (Å²) in [6.07, 6.45) is 4.20. The summed E-state index contributed by atoms with van der Waals surface area (Å²) < 4.78 is 3.21. The largest absolute Gasteiger partial charge is 0.372 e. The van der Waals surface area contributed by atoms with E-state index in [9.17, 15) is 10.1 Å². The molecular weight excluding hydrogens is 280 g/mol. The van der Waals surface area contributed by atoms with Crippen molar-refractivity contribution in [3.8, 4) is 0 Å². The predicted molar refractivity (Wildman–Crippen MR) is 75.1 cm³/mol. The molecule has 9 heteroatoms. The summed E-state index contributed by atoms with van der Waals surface area (Å²) in [6, 6.07) is 1.92. The zero-order valence-electron chi connectivity index (χ0n) is 10.7. The fourth-order valence-corrected chi connectivity index (χ4v) is 2.68. The Hall–Kier alpha value is -2.42. The molecule has 8 nitrogen and oxygen atoms in total. The molecule has 0 bridgehead atoms. The van der Waals surface area contributed by atoms with Crippen molar-refractivity contribution in [2.24, 2.45) is 7.05 Å². The lowest BCUT2D eigenvalue weighted by molar-refractivity contribution is -0.389. The highest BCUT2D eigenvalue weighted by molar-refractivity contribution is 7.15. The zero-order chi connectivity index (χ0) is 14.1. The minimum Gasteiger partial charge on any atom is -0.363 e. The van der Waals surface area contributed by atoms with Gasteiger partial charge in [-0.05, 0) is 11.0 Å². The van der Waals surface area contributed by atoms with Gasteiger partial charge in [0, 0.05) is 31.6 Å². The van der Waals surface area contributed by atoms with Gasteiger partial charge < -0.3 is 15.4 Å². The van der Waals surface area contributed by atoms with Gasteiger partial charge in [0.2, 0.25) is 5.82 Å². The number of thiazole rings is 1. The van der Waals surface area contributed by atoms with Crippen LogP contribution in [0.2, 0.25) is 0 Å². The molecule has 0 radical (unpaired) electrons. The lowest BCUT2D eigenvalue weighted by atomic mass is 10.3. The zero-order valence-corrected chi connectivity index (χ0v) is 11.5. The minimum absolute atomic E-state index is 0.0257. The highest BCUT2D eigenvalue weighted by atomic mass is 32.1. The quantitative estimate of drug-likeness (QED) is 0.571. The topological polar surface area (TPSA) is 90.3 Å². The standard InChI is InChI=1S/C11H12N6O2S/c1-15-5-3-8(14-15)2-4-12-9-10(17(18)19)16-6-7-20-11(16)13-9/h3,5-7,12H,2,4H2,1H3. The first kappa shape index (κ1) is 12.6. The molecular formula is C11H12N6O2S. The van der Waals surface area contributed by atoms with E-state index in [1.165, 1.54) is 15.7 Å². The normalized spacial score (nSPS) is 11.1. The van der Waals surface area contributed by atoms with E-state index < -0.39 is 4.92 Å². The summed E-state index contributed by atoms with van der Waals surface area (Å²) in [7, 11) is 1.85. The summed E-state index contributed by atoms with van der Waals surface area (Å²) in [5.41, 5.74) is 0.934. The molecule has 1 N–H and O–H groups in total. The monoisotopic (exact) mass is 292 g/mol. The predicted octanol–water partition coefficient (Wildman–Crippen LogP) is 1.69. The number of aromatic nitrogens is 4. The van der Waals surface area contributed by atoms with Crippen molar-refractivity contribution in [2.75, 3.05) is 11.9 Å². The Balaban J connectivity index is 1.75. The second kappa shape index (κ2) is 4.93. The molecule has 3 heterocycles. The third-order valence-electron chi connectivity index (χ3n) is 2.85. The van der Waals surface area contributed by atoms with Crippen molar-refractivity contribution in [1.29, 1.82) is 0 Å². The van der Waals surface area contributed by atoms with E-state index in [1.54, 1.807) is 16.3 Å². The highest BCUT2D eigenvalue weighted by Gasteiger charge is 2.23. The molecule has 0 spiro atoms. The molecule has 0 aliphatic rings. The van der Waals surface area contributed by atoms with Crippen molar-refractivity contribution in [2.45, 2.75) is 6.42 Å². The first-order chi connectivity index (χ1) is 9.65. The van der Waals surface area contributed by atoms with E-state index in [0.29, 0.717) is 23.7 Å². The Morgan fingerprint density at radius 1 is 1.50 bits per heavy atom. The second-order valence-corrected chi connectivity index (χ2v) is 5.13. The maximum absolute atomic E-state index is 11.1. The Labute approximate surface area is 117 Å². The third kappa shape index (κ3) is 2.23. The Bertz CT molecular complexity index is 758. The van der Waals surface area contributed by atoms with Gasteiger partial charge in [0.25, 0.3) is 4.96 Å². The van der Waals surface area contributed by atoms with Gasteiger partial charge in [-0.3, -0.25) is 4.68 Å². The number of fused-ring (bicyclic) bond motifs is 1. The maximum Gasteiger partial charge on any atom is 0.372 e. The Morgan fingerprint density at radius 2 is 2.35 bits per heavy atom. The van der Waals surface area contributed by atoms with Crippen molar-refractivity contribution in [3.05, 3.63) is 39.6 Å². The van der Waals surface area contributed by atoms with Crippen LogP contribution in [-0.4, -0.2) is 30.6 Å². The van der Waals surface area contributed by atoms with E-state index in [4.69, 9.17) is 0 Å². The number of hydrogen-bond acceptors (Lipinski definition) is 6. The van der Waals surface area contributed by atoms with Gasteiger partial charge in [-0.2, -0.15) is 14.5 Å². The summed E-state index contributed by atoms with van der Waals surface area (Å²) >= 11 is 1.36. The molecule has 0 aromatic carbocycles. The summed E-state index contributed by atoms with van der Waals surface area (Å²) in [5, 5.41) is 20.2. The van der Waals surface area contributed by atoms with Crippen LogP contribution in [0.1, 0.15) is 5.69 Å². The highest BCUT2D eigenvalue weighted by Crippen LogP contribution is 2.27. The van der Waals surface area contributed by atoms with E-state index >= 15 is 0 Å². The van der Waals surface area contributed by atoms with Gasteiger partial charge in [-0.15, -0.1) is 0 Å². The summed E-state index contributed by atoms with van der Waals surface area (Å²) in [6.45, 7) is 0.544. The van der Waals surface area contributed by atoms with E-state index in [2.05, 4.69) is 15.4 Å². The lowest BCUT2D eigenvalue weighted by Gasteiger charge is -2.01. The lowest BCUT2D eigenvalue weighted by Crippen LogP contribution is -2.08. The number of aryl methyl sites for hydroxylation is 1. The van der Waals surface area contributed by atoms with Crippen LogP contribution < -0.4 is 5.32 Å².